The molecule has 1 aromatic carbocycles. The Morgan fingerprint density at radius 1 is 1.37 bits per heavy atom. The molecule has 0 bridgehead atoms. The highest BCUT2D eigenvalue weighted by Crippen LogP contribution is 2.29. The lowest BCUT2D eigenvalue weighted by molar-refractivity contribution is -0.134. The van der Waals surface area contributed by atoms with Crippen LogP contribution in [0.4, 0.5) is 0 Å². The summed E-state index contributed by atoms with van der Waals surface area (Å²) >= 11 is 6.36. The number of hydrogen-bond donors (Lipinski definition) is 1. The van der Waals surface area contributed by atoms with Crippen molar-refractivity contribution in [3.63, 3.8) is 0 Å². The number of piperazine rings is 1. The number of halogens is 1. The second kappa shape index (κ2) is 8.40. The van der Waals surface area contributed by atoms with Gasteiger partial charge in [-0.3, -0.25) is 4.79 Å². The number of hydrogen-bond acceptors (Lipinski definition) is 5. The molecule has 1 N–H and O–H groups in total. The fraction of sp³-hybridized carbons (Fsp3) is 0.550. The van der Waals surface area contributed by atoms with E-state index in [0.717, 1.165) is 12.1 Å². The van der Waals surface area contributed by atoms with E-state index in [9.17, 15) is 4.79 Å². The summed E-state index contributed by atoms with van der Waals surface area (Å²) in [7, 11) is 0. The molecular weight excluding hydrogens is 364 g/mol. The van der Waals surface area contributed by atoms with Gasteiger partial charge in [0, 0.05) is 42.9 Å². The van der Waals surface area contributed by atoms with Gasteiger partial charge >= 0.3 is 0 Å². The molecule has 2 aromatic rings. The summed E-state index contributed by atoms with van der Waals surface area (Å²) in [4.78, 5) is 19.2. The van der Waals surface area contributed by atoms with Gasteiger partial charge in [-0.15, -0.1) is 0 Å². The van der Waals surface area contributed by atoms with E-state index < -0.39 is 0 Å². The second-order valence-electron chi connectivity index (χ2n) is 7.94. The first-order valence-corrected chi connectivity index (χ1v) is 9.82. The van der Waals surface area contributed by atoms with Gasteiger partial charge in [0.2, 0.25) is 11.8 Å². The van der Waals surface area contributed by atoms with E-state index in [1.165, 1.54) is 0 Å². The van der Waals surface area contributed by atoms with E-state index in [0.29, 0.717) is 49.1 Å². The Labute approximate surface area is 165 Å². The highest BCUT2D eigenvalue weighted by Gasteiger charge is 2.29. The van der Waals surface area contributed by atoms with Crippen molar-refractivity contribution >= 4 is 17.5 Å². The molecule has 1 unspecified atom stereocenters. The van der Waals surface area contributed by atoms with Crippen molar-refractivity contribution in [3.05, 3.63) is 46.6 Å². The number of rotatable bonds is 5. The normalized spacial score (nSPS) is 17.9. The summed E-state index contributed by atoms with van der Waals surface area (Å²) < 4.78 is 5.31. The summed E-state index contributed by atoms with van der Waals surface area (Å²) in [6.07, 6.45) is 1.75. The molecule has 2 heterocycles. The number of carbonyl (C=O) groups excluding carboxylic acids is 1. The average molecular weight is 391 g/mol. The van der Waals surface area contributed by atoms with Gasteiger partial charge in [0.05, 0.1) is 6.04 Å². The first-order chi connectivity index (χ1) is 12.9. The molecule has 1 aliphatic rings. The van der Waals surface area contributed by atoms with E-state index >= 15 is 0 Å². The summed E-state index contributed by atoms with van der Waals surface area (Å²) in [5.74, 6) is 1.43. The molecule has 7 heteroatoms. The van der Waals surface area contributed by atoms with Gasteiger partial charge in [-0.2, -0.15) is 4.98 Å². The maximum absolute atomic E-state index is 12.8. The average Bonchev–Trinajstić information content (AvgIpc) is 3.11. The Kier molecular flexibility index (Phi) is 6.17. The van der Waals surface area contributed by atoms with Crippen LogP contribution in [0.3, 0.4) is 0 Å². The van der Waals surface area contributed by atoms with Gasteiger partial charge in [-0.25, -0.2) is 0 Å². The molecule has 0 saturated carbocycles. The fourth-order valence-corrected chi connectivity index (χ4v) is 3.48. The van der Waals surface area contributed by atoms with Gasteiger partial charge in [-0.1, -0.05) is 55.7 Å². The lowest BCUT2D eigenvalue weighted by atomic mass is 9.96. The van der Waals surface area contributed by atoms with Crippen molar-refractivity contribution in [2.24, 2.45) is 0 Å². The van der Waals surface area contributed by atoms with E-state index in [2.05, 4.69) is 15.5 Å². The van der Waals surface area contributed by atoms with E-state index in [1.54, 1.807) is 0 Å². The molecule has 146 valence electrons. The monoisotopic (exact) mass is 390 g/mol. The van der Waals surface area contributed by atoms with Crippen LogP contribution in [0.15, 0.2) is 28.8 Å². The number of nitrogens with zero attached hydrogens (tertiary/aromatic N) is 3. The number of amides is 1. The van der Waals surface area contributed by atoms with Crippen molar-refractivity contribution in [1.29, 1.82) is 0 Å². The third kappa shape index (κ3) is 4.87. The Morgan fingerprint density at radius 3 is 2.85 bits per heavy atom. The van der Waals surface area contributed by atoms with Gasteiger partial charge in [-0.05, 0) is 18.1 Å². The lowest BCUT2D eigenvalue weighted by Crippen LogP contribution is -2.48. The largest absolute Gasteiger partial charge is 0.339 e. The topological polar surface area (TPSA) is 71.3 Å². The van der Waals surface area contributed by atoms with E-state index in [1.807, 2.05) is 49.9 Å². The summed E-state index contributed by atoms with van der Waals surface area (Å²) in [5.41, 5.74) is 0.854. The van der Waals surface area contributed by atoms with Crippen molar-refractivity contribution in [3.8, 4) is 0 Å². The predicted molar refractivity (Wildman–Crippen MR) is 105 cm³/mol. The first kappa shape index (κ1) is 19.8. The van der Waals surface area contributed by atoms with Crippen molar-refractivity contribution in [2.75, 3.05) is 19.6 Å². The molecule has 3 rings (SSSR count). The number of aryl methyl sites for hydroxylation is 1. The third-order valence-corrected chi connectivity index (χ3v) is 5.09. The number of aromatic nitrogens is 2. The zero-order valence-electron chi connectivity index (χ0n) is 16.2. The Hall–Kier alpha value is -1.92. The summed E-state index contributed by atoms with van der Waals surface area (Å²) in [5, 5.41) is 8.09. The molecule has 1 atom stereocenters. The first-order valence-electron chi connectivity index (χ1n) is 9.44. The van der Waals surface area contributed by atoms with Crippen molar-refractivity contribution in [2.45, 2.75) is 51.5 Å². The van der Waals surface area contributed by atoms with Crippen LogP contribution in [-0.4, -0.2) is 40.6 Å². The minimum Gasteiger partial charge on any atom is -0.339 e. The second-order valence-corrected chi connectivity index (χ2v) is 8.35. The van der Waals surface area contributed by atoms with Crippen molar-refractivity contribution in [1.82, 2.24) is 20.4 Å². The zero-order chi connectivity index (χ0) is 19.4. The van der Waals surface area contributed by atoms with Crippen LogP contribution >= 0.6 is 11.6 Å². The molecule has 1 saturated heterocycles. The summed E-state index contributed by atoms with van der Waals surface area (Å²) in [6, 6.07) is 7.70. The molecule has 0 radical (unpaired) electrons. The number of carbonyl (C=O) groups is 1. The van der Waals surface area contributed by atoms with Crippen LogP contribution in [0.2, 0.25) is 5.02 Å². The third-order valence-electron chi connectivity index (χ3n) is 4.75. The standard InChI is InChI=1S/C20H27ClN4O2/c1-20(2,3)19-23-17(27-24-19)9-6-10-18(26)25-12-11-22-13-16(25)14-7-4-5-8-15(14)21/h4-5,7-8,16,22H,6,9-13H2,1-3H3. The molecule has 1 amide bonds. The minimum atomic E-state index is -0.138. The Bertz CT molecular complexity index is 784. The Balaban J connectivity index is 1.59. The zero-order valence-corrected chi connectivity index (χ0v) is 16.9. The van der Waals surface area contributed by atoms with Crippen LogP contribution in [0.1, 0.15) is 56.9 Å². The SMILES string of the molecule is CC(C)(C)c1noc(CCCC(=O)N2CCNCC2c2ccccc2Cl)n1. The molecule has 1 aromatic heterocycles. The molecule has 1 aliphatic heterocycles. The van der Waals surface area contributed by atoms with Crippen molar-refractivity contribution < 1.29 is 9.32 Å². The van der Waals surface area contributed by atoms with Crippen LogP contribution in [0.5, 0.6) is 0 Å². The molecule has 0 spiro atoms. The van der Waals surface area contributed by atoms with Crippen LogP contribution in [-0.2, 0) is 16.6 Å². The number of benzene rings is 1. The fourth-order valence-electron chi connectivity index (χ4n) is 3.22. The van der Waals surface area contributed by atoms with Gasteiger partial charge in [0.25, 0.3) is 0 Å². The number of nitrogens with one attached hydrogen (secondary N) is 1. The molecule has 0 aliphatic carbocycles. The molecule has 6 nitrogen and oxygen atoms in total. The van der Waals surface area contributed by atoms with Gasteiger partial charge < -0.3 is 14.7 Å². The van der Waals surface area contributed by atoms with Crippen LogP contribution in [0.25, 0.3) is 0 Å². The predicted octanol–water partition coefficient (Wildman–Crippen LogP) is 3.52. The molecule has 1 fully saturated rings. The lowest BCUT2D eigenvalue weighted by Gasteiger charge is -2.37. The maximum Gasteiger partial charge on any atom is 0.226 e. The highest BCUT2D eigenvalue weighted by molar-refractivity contribution is 6.31. The van der Waals surface area contributed by atoms with E-state index in [4.69, 9.17) is 16.1 Å². The highest BCUT2D eigenvalue weighted by atomic mass is 35.5. The Morgan fingerprint density at radius 2 is 2.15 bits per heavy atom. The van der Waals surface area contributed by atoms with E-state index in [-0.39, 0.29) is 17.4 Å². The smallest absolute Gasteiger partial charge is 0.226 e. The van der Waals surface area contributed by atoms with Crippen LogP contribution in [0, 0.1) is 0 Å². The molecule has 27 heavy (non-hydrogen) atoms. The maximum atomic E-state index is 12.8. The van der Waals surface area contributed by atoms with Gasteiger partial charge in [0.15, 0.2) is 5.82 Å². The van der Waals surface area contributed by atoms with Crippen LogP contribution < -0.4 is 5.32 Å². The minimum absolute atomic E-state index is 0.0316. The molecular formula is C20H27ClN4O2. The van der Waals surface area contributed by atoms with Gasteiger partial charge in [0.1, 0.15) is 0 Å². The summed E-state index contributed by atoms with van der Waals surface area (Å²) in [6.45, 7) is 8.34. The quantitative estimate of drug-likeness (QED) is 0.845.